The maximum Gasteiger partial charge on any atom is 0.232 e. The minimum atomic E-state index is -0.400. The third kappa shape index (κ3) is 3.60. The van der Waals surface area contributed by atoms with Crippen LogP contribution in [0.2, 0.25) is 0 Å². The van der Waals surface area contributed by atoms with E-state index in [2.05, 4.69) is 26.7 Å². The quantitative estimate of drug-likeness (QED) is 0.687. The Morgan fingerprint density at radius 2 is 2.21 bits per heavy atom. The minimum Gasteiger partial charge on any atom is -0.497 e. The first-order valence-electron chi connectivity index (χ1n) is 9.07. The third-order valence-corrected chi connectivity index (χ3v) is 4.87. The molecule has 0 radical (unpaired) electrons. The Balaban J connectivity index is 1.49. The number of H-pyrrole nitrogens is 1. The Kier molecular flexibility index (Phi) is 4.57. The second kappa shape index (κ2) is 7.19. The zero-order valence-electron chi connectivity index (χ0n) is 15.6. The number of carbonyl (C=O) groups is 1. The van der Waals surface area contributed by atoms with Gasteiger partial charge in [0.2, 0.25) is 5.91 Å². The highest BCUT2D eigenvalue weighted by atomic mass is 16.5. The smallest absolute Gasteiger partial charge is 0.232 e. The molecule has 8 nitrogen and oxygen atoms in total. The standard InChI is InChI=1S/C20H20N6O2/c1-12(20(27)23-19-8-18(24-25-19)14-3-4-14)15-10-22-26(11-15)16-5-13(9-21)6-17(7-16)28-2/h5-8,10-12,14H,3-4H2,1-2H3,(H2,23,24,25,27)/t12-/m0/s1. The normalized spacial score (nSPS) is 14.3. The number of rotatable bonds is 6. The molecular weight excluding hydrogens is 356 g/mol. The summed E-state index contributed by atoms with van der Waals surface area (Å²) in [4.78, 5) is 12.6. The van der Waals surface area contributed by atoms with Gasteiger partial charge in [0.15, 0.2) is 0 Å². The van der Waals surface area contributed by atoms with Crippen LogP contribution in [0.15, 0.2) is 36.7 Å². The van der Waals surface area contributed by atoms with Crippen LogP contribution in [-0.2, 0) is 4.79 Å². The number of aromatic nitrogens is 4. The summed E-state index contributed by atoms with van der Waals surface area (Å²) in [7, 11) is 1.55. The number of methoxy groups -OCH3 is 1. The van der Waals surface area contributed by atoms with Crippen LogP contribution in [0.4, 0.5) is 5.82 Å². The molecule has 2 N–H and O–H groups in total. The highest BCUT2D eigenvalue weighted by Gasteiger charge is 2.26. The van der Waals surface area contributed by atoms with Crippen molar-refractivity contribution in [2.24, 2.45) is 0 Å². The summed E-state index contributed by atoms with van der Waals surface area (Å²) >= 11 is 0. The van der Waals surface area contributed by atoms with E-state index in [4.69, 9.17) is 4.74 Å². The fraction of sp³-hybridized carbons (Fsp3) is 0.300. The van der Waals surface area contributed by atoms with Gasteiger partial charge in [0.1, 0.15) is 11.6 Å². The number of nitriles is 1. The summed E-state index contributed by atoms with van der Waals surface area (Å²) in [6.45, 7) is 1.82. The van der Waals surface area contributed by atoms with E-state index < -0.39 is 5.92 Å². The lowest BCUT2D eigenvalue weighted by molar-refractivity contribution is -0.117. The van der Waals surface area contributed by atoms with Gasteiger partial charge in [0.25, 0.3) is 0 Å². The molecule has 0 unspecified atom stereocenters. The summed E-state index contributed by atoms with van der Waals surface area (Å²) in [5, 5.41) is 23.5. The van der Waals surface area contributed by atoms with E-state index in [0.717, 1.165) is 24.1 Å². The van der Waals surface area contributed by atoms with Crippen molar-refractivity contribution in [3.63, 3.8) is 0 Å². The second-order valence-corrected chi connectivity index (χ2v) is 6.94. The first-order valence-corrected chi connectivity index (χ1v) is 9.07. The molecule has 3 aromatic rings. The molecule has 0 aliphatic heterocycles. The van der Waals surface area contributed by atoms with E-state index in [-0.39, 0.29) is 5.91 Å². The molecule has 2 heterocycles. The van der Waals surface area contributed by atoms with Crippen LogP contribution in [0.3, 0.4) is 0 Å². The number of aromatic amines is 1. The monoisotopic (exact) mass is 376 g/mol. The first kappa shape index (κ1) is 17.8. The second-order valence-electron chi connectivity index (χ2n) is 6.94. The van der Waals surface area contributed by atoms with E-state index in [1.165, 1.54) is 0 Å². The minimum absolute atomic E-state index is 0.145. The van der Waals surface area contributed by atoms with Crippen LogP contribution in [0, 0.1) is 11.3 Å². The maximum atomic E-state index is 12.6. The van der Waals surface area contributed by atoms with Gasteiger partial charge in [-0.05, 0) is 31.9 Å². The van der Waals surface area contributed by atoms with Crippen molar-refractivity contribution in [1.82, 2.24) is 20.0 Å². The lowest BCUT2D eigenvalue weighted by Gasteiger charge is -2.09. The zero-order valence-corrected chi connectivity index (χ0v) is 15.6. The number of hydrogen-bond acceptors (Lipinski definition) is 5. The number of amides is 1. The lowest BCUT2D eigenvalue weighted by atomic mass is 10.0. The molecule has 0 saturated heterocycles. The number of nitrogens with zero attached hydrogens (tertiary/aromatic N) is 4. The van der Waals surface area contributed by atoms with E-state index in [1.54, 1.807) is 42.4 Å². The average Bonchev–Trinajstić information content (AvgIpc) is 3.26. The lowest BCUT2D eigenvalue weighted by Crippen LogP contribution is -2.18. The summed E-state index contributed by atoms with van der Waals surface area (Å²) in [5.41, 5.74) is 2.93. The van der Waals surface area contributed by atoms with Gasteiger partial charge < -0.3 is 10.1 Å². The molecule has 1 amide bonds. The Labute approximate surface area is 162 Å². The van der Waals surface area contributed by atoms with Crippen LogP contribution in [-0.4, -0.2) is 33.0 Å². The van der Waals surface area contributed by atoms with Crippen molar-refractivity contribution < 1.29 is 9.53 Å². The molecule has 28 heavy (non-hydrogen) atoms. The predicted octanol–water partition coefficient (Wildman–Crippen LogP) is 3.10. The van der Waals surface area contributed by atoms with Gasteiger partial charge in [-0.2, -0.15) is 15.5 Å². The molecule has 1 saturated carbocycles. The number of ether oxygens (including phenoxy) is 1. The molecule has 1 aromatic carbocycles. The fourth-order valence-corrected chi connectivity index (χ4v) is 2.98. The molecule has 142 valence electrons. The molecule has 4 rings (SSSR count). The molecule has 1 fully saturated rings. The van der Waals surface area contributed by atoms with Crippen LogP contribution in [0.1, 0.15) is 48.4 Å². The van der Waals surface area contributed by atoms with Crippen LogP contribution in [0.25, 0.3) is 5.69 Å². The van der Waals surface area contributed by atoms with E-state index in [1.807, 2.05) is 13.0 Å². The number of anilines is 1. The number of hydrogen-bond donors (Lipinski definition) is 2. The van der Waals surface area contributed by atoms with Crippen molar-refractivity contribution in [3.05, 3.63) is 53.5 Å². The number of carbonyl (C=O) groups excluding carboxylic acids is 1. The van der Waals surface area contributed by atoms with Crippen molar-refractivity contribution in [1.29, 1.82) is 5.26 Å². The van der Waals surface area contributed by atoms with Gasteiger partial charge in [-0.3, -0.25) is 9.89 Å². The molecule has 0 bridgehead atoms. The van der Waals surface area contributed by atoms with Crippen molar-refractivity contribution in [3.8, 4) is 17.5 Å². The summed E-state index contributed by atoms with van der Waals surface area (Å²) < 4.78 is 6.86. The topological polar surface area (TPSA) is 109 Å². The van der Waals surface area contributed by atoms with Crippen molar-refractivity contribution >= 4 is 11.7 Å². The Morgan fingerprint density at radius 3 is 2.93 bits per heavy atom. The molecule has 0 spiro atoms. The number of nitrogens with one attached hydrogen (secondary N) is 2. The molecule has 1 aliphatic carbocycles. The largest absolute Gasteiger partial charge is 0.497 e. The Bertz CT molecular complexity index is 1060. The average molecular weight is 376 g/mol. The highest BCUT2D eigenvalue weighted by molar-refractivity contribution is 5.94. The van der Waals surface area contributed by atoms with E-state index in [0.29, 0.717) is 28.7 Å². The van der Waals surface area contributed by atoms with Gasteiger partial charge in [-0.25, -0.2) is 4.68 Å². The highest BCUT2D eigenvalue weighted by Crippen LogP contribution is 2.39. The fourth-order valence-electron chi connectivity index (χ4n) is 2.98. The number of benzene rings is 1. The van der Waals surface area contributed by atoms with Crippen LogP contribution >= 0.6 is 0 Å². The maximum absolute atomic E-state index is 12.6. The van der Waals surface area contributed by atoms with Gasteiger partial charge in [0, 0.05) is 29.8 Å². The summed E-state index contributed by atoms with van der Waals surface area (Å²) in [5.74, 6) is 1.16. The SMILES string of the molecule is COc1cc(C#N)cc(-n2cc([C@H](C)C(=O)Nc3cc(C4CC4)n[nH]3)cn2)c1. The Hall–Kier alpha value is -3.60. The van der Waals surface area contributed by atoms with E-state index in [9.17, 15) is 10.1 Å². The van der Waals surface area contributed by atoms with Gasteiger partial charge in [0.05, 0.1) is 42.2 Å². The summed E-state index contributed by atoms with van der Waals surface area (Å²) in [6.07, 6.45) is 5.75. The van der Waals surface area contributed by atoms with Crippen LogP contribution < -0.4 is 10.1 Å². The zero-order chi connectivity index (χ0) is 19.7. The summed E-state index contributed by atoms with van der Waals surface area (Å²) in [6, 6.07) is 9.16. The molecule has 8 heteroatoms. The van der Waals surface area contributed by atoms with E-state index >= 15 is 0 Å². The molecule has 2 aromatic heterocycles. The van der Waals surface area contributed by atoms with Gasteiger partial charge in [-0.15, -0.1) is 0 Å². The van der Waals surface area contributed by atoms with Crippen molar-refractivity contribution in [2.45, 2.75) is 31.6 Å². The molecule has 1 aliphatic rings. The molecular formula is C20H20N6O2. The van der Waals surface area contributed by atoms with Gasteiger partial charge >= 0.3 is 0 Å². The Morgan fingerprint density at radius 1 is 1.39 bits per heavy atom. The predicted molar refractivity (Wildman–Crippen MR) is 102 cm³/mol. The molecule has 1 atom stereocenters. The van der Waals surface area contributed by atoms with Gasteiger partial charge in [-0.1, -0.05) is 0 Å². The third-order valence-electron chi connectivity index (χ3n) is 4.87. The van der Waals surface area contributed by atoms with Crippen molar-refractivity contribution in [2.75, 3.05) is 12.4 Å². The van der Waals surface area contributed by atoms with Crippen LogP contribution in [0.5, 0.6) is 5.75 Å². The first-order chi connectivity index (χ1) is 13.6.